The monoisotopic (exact) mass is 242 g/mol. The number of hydrogen-bond donors (Lipinski definition) is 1. The van der Waals surface area contributed by atoms with Crippen molar-refractivity contribution in [3.05, 3.63) is 59.2 Å². The van der Waals surface area contributed by atoms with Gasteiger partial charge in [0.1, 0.15) is 17.1 Å². The zero-order valence-electron chi connectivity index (χ0n) is 10.3. The highest BCUT2D eigenvalue weighted by Crippen LogP contribution is 2.26. The van der Waals surface area contributed by atoms with Gasteiger partial charge < -0.3 is 9.84 Å². The van der Waals surface area contributed by atoms with Gasteiger partial charge in [0, 0.05) is 0 Å². The second kappa shape index (κ2) is 4.92. The molecule has 0 aliphatic rings. The van der Waals surface area contributed by atoms with Gasteiger partial charge in [-0.25, -0.2) is 4.79 Å². The lowest BCUT2D eigenvalue weighted by Crippen LogP contribution is -2.00. The summed E-state index contributed by atoms with van der Waals surface area (Å²) in [6, 6.07) is 12.6. The molecule has 2 aromatic carbocycles. The van der Waals surface area contributed by atoms with E-state index in [2.05, 4.69) is 0 Å². The molecule has 2 aromatic rings. The Morgan fingerprint density at radius 1 is 1.00 bits per heavy atom. The molecule has 0 saturated heterocycles. The summed E-state index contributed by atoms with van der Waals surface area (Å²) < 4.78 is 5.60. The molecule has 0 atom stereocenters. The maximum atomic E-state index is 11.1. The molecule has 0 bridgehead atoms. The lowest BCUT2D eigenvalue weighted by molar-refractivity contribution is 0.0694. The first-order chi connectivity index (χ1) is 8.56. The van der Waals surface area contributed by atoms with Crippen LogP contribution in [0.3, 0.4) is 0 Å². The normalized spacial score (nSPS) is 10.1. The van der Waals surface area contributed by atoms with Crippen molar-refractivity contribution in [2.45, 2.75) is 13.8 Å². The number of carboxylic acids is 1. The van der Waals surface area contributed by atoms with Crippen molar-refractivity contribution in [3.63, 3.8) is 0 Å². The summed E-state index contributed by atoms with van der Waals surface area (Å²) in [6.07, 6.45) is 0. The van der Waals surface area contributed by atoms with Gasteiger partial charge in [-0.2, -0.15) is 0 Å². The van der Waals surface area contributed by atoms with Crippen LogP contribution >= 0.6 is 0 Å². The molecule has 0 aliphatic carbocycles. The number of benzene rings is 2. The molecule has 0 spiro atoms. The van der Waals surface area contributed by atoms with Crippen molar-refractivity contribution in [2.75, 3.05) is 0 Å². The number of aryl methyl sites for hydroxylation is 2. The van der Waals surface area contributed by atoms with E-state index in [9.17, 15) is 4.79 Å². The zero-order valence-corrected chi connectivity index (χ0v) is 10.3. The van der Waals surface area contributed by atoms with E-state index in [4.69, 9.17) is 9.84 Å². The van der Waals surface area contributed by atoms with E-state index in [1.165, 1.54) is 0 Å². The predicted molar refractivity (Wildman–Crippen MR) is 69.4 cm³/mol. The number of rotatable bonds is 3. The smallest absolute Gasteiger partial charge is 0.339 e. The van der Waals surface area contributed by atoms with Gasteiger partial charge in [-0.05, 0) is 38.1 Å². The van der Waals surface area contributed by atoms with E-state index in [0.717, 1.165) is 11.1 Å². The summed E-state index contributed by atoms with van der Waals surface area (Å²) in [5.41, 5.74) is 2.20. The standard InChI is InChI=1S/C15H14O3/c1-10-3-6-12(7-4-10)18-14-8-5-11(2)9-13(14)15(16)17/h3-9H,1-2H3,(H,16,17). The lowest BCUT2D eigenvalue weighted by atomic mass is 10.1. The maximum absolute atomic E-state index is 11.1. The average molecular weight is 242 g/mol. The van der Waals surface area contributed by atoms with Gasteiger partial charge in [0.15, 0.2) is 0 Å². The molecule has 0 radical (unpaired) electrons. The van der Waals surface area contributed by atoms with E-state index in [1.54, 1.807) is 12.1 Å². The summed E-state index contributed by atoms with van der Waals surface area (Å²) in [6.45, 7) is 3.83. The second-order valence-corrected chi connectivity index (χ2v) is 4.22. The van der Waals surface area contributed by atoms with Crippen LogP contribution in [0.5, 0.6) is 11.5 Å². The fourth-order valence-electron chi connectivity index (χ4n) is 1.63. The largest absolute Gasteiger partial charge is 0.478 e. The first kappa shape index (κ1) is 12.2. The summed E-state index contributed by atoms with van der Waals surface area (Å²) in [7, 11) is 0. The summed E-state index contributed by atoms with van der Waals surface area (Å²) >= 11 is 0. The van der Waals surface area contributed by atoms with Gasteiger partial charge in [0.2, 0.25) is 0 Å². The van der Waals surface area contributed by atoms with Crippen LogP contribution < -0.4 is 4.74 Å². The van der Waals surface area contributed by atoms with Crippen molar-refractivity contribution in [3.8, 4) is 11.5 Å². The third-order valence-electron chi connectivity index (χ3n) is 2.61. The van der Waals surface area contributed by atoms with Crippen molar-refractivity contribution in [1.29, 1.82) is 0 Å². The Bertz CT molecular complexity index is 571. The van der Waals surface area contributed by atoms with Crippen LogP contribution in [-0.2, 0) is 0 Å². The van der Waals surface area contributed by atoms with Gasteiger partial charge >= 0.3 is 5.97 Å². The molecule has 18 heavy (non-hydrogen) atoms. The molecule has 1 N–H and O–H groups in total. The highest BCUT2D eigenvalue weighted by atomic mass is 16.5. The van der Waals surface area contributed by atoms with Gasteiger partial charge in [0.25, 0.3) is 0 Å². The quantitative estimate of drug-likeness (QED) is 0.890. The zero-order chi connectivity index (χ0) is 13.1. The molecular weight excluding hydrogens is 228 g/mol. The maximum Gasteiger partial charge on any atom is 0.339 e. The SMILES string of the molecule is Cc1ccc(Oc2ccc(C)cc2C(=O)O)cc1. The topological polar surface area (TPSA) is 46.5 Å². The summed E-state index contributed by atoms with van der Waals surface area (Å²) in [5, 5.41) is 9.13. The van der Waals surface area contributed by atoms with Crippen LogP contribution in [0.2, 0.25) is 0 Å². The highest BCUT2D eigenvalue weighted by molar-refractivity contribution is 5.91. The van der Waals surface area contributed by atoms with Crippen LogP contribution in [0.25, 0.3) is 0 Å². The predicted octanol–water partition coefficient (Wildman–Crippen LogP) is 3.79. The Labute approximate surface area is 106 Å². The minimum atomic E-state index is -0.985. The first-order valence-electron chi connectivity index (χ1n) is 5.65. The van der Waals surface area contributed by atoms with E-state index in [0.29, 0.717) is 11.5 Å². The lowest BCUT2D eigenvalue weighted by Gasteiger charge is -2.09. The molecule has 0 fully saturated rings. The first-order valence-corrected chi connectivity index (χ1v) is 5.65. The number of aromatic carboxylic acids is 1. The molecule has 2 rings (SSSR count). The molecule has 0 saturated carbocycles. The van der Waals surface area contributed by atoms with Gasteiger partial charge in [-0.15, -0.1) is 0 Å². The Morgan fingerprint density at radius 2 is 1.61 bits per heavy atom. The third kappa shape index (κ3) is 2.69. The fraction of sp³-hybridized carbons (Fsp3) is 0.133. The molecule has 0 amide bonds. The van der Waals surface area contributed by atoms with E-state index >= 15 is 0 Å². The number of carbonyl (C=O) groups is 1. The van der Waals surface area contributed by atoms with Crippen LogP contribution in [0, 0.1) is 13.8 Å². The van der Waals surface area contributed by atoms with Gasteiger partial charge in [0.05, 0.1) is 0 Å². The Hall–Kier alpha value is -2.29. The molecule has 92 valence electrons. The molecule has 0 aromatic heterocycles. The third-order valence-corrected chi connectivity index (χ3v) is 2.61. The van der Waals surface area contributed by atoms with Crippen LogP contribution in [-0.4, -0.2) is 11.1 Å². The average Bonchev–Trinajstić information content (AvgIpc) is 2.34. The Kier molecular flexibility index (Phi) is 3.33. The molecular formula is C15H14O3. The molecule has 3 heteroatoms. The van der Waals surface area contributed by atoms with Crippen LogP contribution in [0.15, 0.2) is 42.5 Å². The number of ether oxygens (including phenoxy) is 1. The minimum Gasteiger partial charge on any atom is -0.478 e. The second-order valence-electron chi connectivity index (χ2n) is 4.22. The summed E-state index contributed by atoms with van der Waals surface area (Å²) in [5.74, 6) is 0.00437. The minimum absolute atomic E-state index is 0.176. The molecule has 3 nitrogen and oxygen atoms in total. The van der Waals surface area contributed by atoms with E-state index in [1.807, 2.05) is 44.2 Å². The molecule has 0 aliphatic heterocycles. The van der Waals surface area contributed by atoms with Gasteiger partial charge in [-0.1, -0.05) is 29.3 Å². The van der Waals surface area contributed by atoms with Crippen LogP contribution in [0.4, 0.5) is 0 Å². The van der Waals surface area contributed by atoms with Gasteiger partial charge in [-0.3, -0.25) is 0 Å². The van der Waals surface area contributed by atoms with Crippen molar-refractivity contribution in [1.82, 2.24) is 0 Å². The van der Waals surface area contributed by atoms with Crippen molar-refractivity contribution >= 4 is 5.97 Å². The number of hydrogen-bond acceptors (Lipinski definition) is 2. The molecule has 0 heterocycles. The molecule has 0 unspecified atom stereocenters. The van der Waals surface area contributed by atoms with E-state index in [-0.39, 0.29) is 5.56 Å². The summed E-state index contributed by atoms with van der Waals surface area (Å²) in [4.78, 5) is 11.1. The van der Waals surface area contributed by atoms with E-state index < -0.39 is 5.97 Å². The van der Waals surface area contributed by atoms with Crippen molar-refractivity contribution in [2.24, 2.45) is 0 Å². The number of carboxylic acid groups (broad SMARTS) is 1. The Balaban J connectivity index is 2.34. The fourth-order valence-corrected chi connectivity index (χ4v) is 1.63. The highest BCUT2D eigenvalue weighted by Gasteiger charge is 2.12. The van der Waals surface area contributed by atoms with Crippen molar-refractivity contribution < 1.29 is 14.6 Å². The Morgan fingerprint density at radius 3 is 2.22 bits per heavy atom. The van der Waals surface area contributed by atoms with Crippen LogP contribution in [0.1, 0.15) is 21.5 Å².